The fraction of sp³-hybridized carbons (Fsp3) is 0.424. The van der Waals surface area contributed by atoms with E-state index in [2.05, 4.69) is 20.1 Å². The molecular weight excluding hydrogens is 534 g/mol. The second-order valence-electron chi connectivity index (χ2n) is 11.6. The second kappa shape index (κ2) is 11.5. The van der Waals surface area contributed by atoms with Crippen molar-refractivity contribution < 1.29 is 19.5 Å². The fourth-order valence-electron chi connectivity index (χ4n) is 7.17. The summed E-state index contributed by atoms with van der Waals surface area (Å²) in [5.74, 6) is -1.78. The summed E-state index contributed by atoms with van der Waals surface area (Å²) < 4.78 is -1.26. The molecule has 0 saturated carbocycles. The Bertz CT molecular complexity index is 1320. The van der Waals surface area contributed by atoms with Gasteiger partial charge in [0, 0.05) is 30.1 Å². The van der Waals surface area contributed by atoms with Crippen LogP contribution >= 0.6 is 11.8 Å². The largest absolute Gasteiger partial charge is 0.394 e. The van der Waals surface area contributed by atoms with Crippen LogP contribution < -0.4 is 4.90 Å². The van der Waals surface area contributed by atoms with Gasteiger partial charge in [0.25, 0.3) is 0 Å². The molecule has 2 aromatic rings. The van der Waals surface area contributed by atoms with E-state index in [0.717, 1.165) is 17.7 Å². The number of aliphatic hydroxyl groups excluding tert-OH is 1. The number of nitrogens with zero attached hydrogens (tertiary/aromatic N) is 3. The number of amides is 3. The molecule has 3 fully saturated rings. The number of carbonyl (C=O) groups is 3. The molecule has 2 aromatic carbocycles. The lowest BCUT2D eigenvalue weighted by Crippen LogP contribution is -2.56. The van der Waals surface area contributed by atoms with Gasteiger partial charge in [-0.1, -0.05) is 60.7 Å². The summed E-state index contributed by atoms with van der Waals surface area (Å²) in [6, 6.07) is 17.9. The van der Waals surface area contributed by atoms with Gasteiger partial charge in [-0.2, -0.15) is 0 Å². The maximum atomic E-state index is 14.6. The third kappa shape index (κ3) is 4.81. The highest BCUT2D eigenvalue weighted by Gasteiger charge is 2.77. The SMILES string of the molecule is C=CCN(Cc1ccccc1)C(=O)C1N([C@H](C)CO)C(=O)[C@@H]2[C@@H](C(=O)N(CC=C)c3ccccc3)[C@@]3(C)CCC12S3. The van der Waals surface area contributed by atoms with Gasteiger partial charge in [0.15, 0.2) is 0 Å². The third-order valence-corrected chi connectivity index (χ3v) is 11.0. The van der Waals surface area contributed by atoms with Crippen molar-refractivity contribution in [3.8, 4) is 0 Å². The molecule has 0 radical (unpaired) electrons. The van der Waals surface area contributed by atoms with Crippen LogP contribution in [0, 0.1) is 11.8 Å². The molecule has 1 N–H and O–H groups in total. The van der Waals surface area contributed by atoms with Crippen LogP contribution in [-0.4, -0.2) is 73.9 Å². The molecule has 3 heterocycles. The summed E-state index contributed by atoms with van der Waals surface area (Å²) in [7, 11) is 0. The van der Waals surface area contributed by atoms with Gasteiger partial charge in [-0.05, 0) is 44.4 Å². The van der Waals surface area contributed by atoms with Crippen molar-refractivity contribution in [2.75, 3.05) is 24.6 Å². The number of thioether (sulfide) groups is 1. The molecule has 3 amide bonds. The number of likely N-dealkylation sites (tertiary alicyclic amines) is 1. The zero-order valence-corrected chi connectivity index (χ0v) is 24.6. The molecule has 6 atom stereocenters. The van der Waals surface area contributed by atoms with Crippen LogP contribution in [-0.2, 0) is 20.9 Å². The predicted octanol–water partition coefficient (Wildman–Crippen LogP) is 4.28. The Morgan fingerprint density at radius 3 is 2.29 bits per heavy atom. The molecular formula is C33H39N3O4S. The zero-order chi connectivity index (χ0) is 29.4. The van der Waals surface area contributed by atoms with E-state index in [1.807, 2.05) is 60.7 Å². The molecule has 2 unspecified atom stereocenters. The van der Waals surface area contributed by atoms with E-state index in [0.29, 0.717) is 26.1 Å². The van der Waals surface area contributed by atoms with Crippen LogP contribution in [0.25, 0.3) is 0 Å². The minimum Gasteiger partial charge on any atom is -0.394 e. The Morgan fingerprint density at radius 1 is 1.05 bits per heavy atom. The molecule has 41 heavy (non-hydrogen) atoms. The predicted molar refractivity (Wildman–Crippen MR) is 163 cm³/mol. The number of aliphatic hydroxyl groups is 1. The number of hydrogen-bond donors (Lipinski definition) is 1. The van der Waals surface area contributed by atoms with Gasteiger partial charge in [0.2, 0.25) is 17.7 Å². The van der Waals surface area contributed by atoms with E-state index in [9.17, 15) is 19.5 Å². The number of hydrogen-bond acceptors (Lipinski definition) is 5. The molecule has 2 bridgehead atoms. The first-order valence-corrected chi connectivity index (χ1v) is 15.1. The fourth-order valence-corrected chi connectivity index (χ4v) is 9.50. The lowest BCUT2D eigenvalue weighted by molar-refractivity contribution is -0.145. The van der Waals surface area contributed by atoms with Crippen molar-refractivity contribution in [2.24, 2.45) is 11.8 Å². The monoisotopic (exact) mass is 573 g/mol. The topological polar surface area (TPSA) is 81.2 Å². The maximum Gasteiger partial charge on any atom is 0.247 e. The average molecular weight is 574 g/mol. The van der Waals surface area contributed by atoms with Crippen LogP contribution in [0.4, 0.5) is 5.69 Å². The minimum atomic E-state index is -0.792. The van der Waals surface area contributed by atoms with E-state index in [4.69, 9.17) is 0 Å². The van der Waals surface area contributed by atoms with E-state index in [1.165, 1.54) is 0 Å². The number of rotatable bonds is 11. The normalized spacial score (nSPS) is 28.7. The van der Waals surface area contributed by atoms with Crippen LogP contribution in [0.15, 0.2) is 86.0 Å². The number of fused-ring (bicyclic) bond motifs is 1. The Balaban J connectivity index is 1.57. The first kappa shape index (κ1) is 29.1. The maximum absolute atomic E-state index is 14.6. The molecule has 3 aliphatic heterocycles. The minimum absolute atomic E-state index is 0.122. The van der Waals surface area contributed by atoms with E-state index in [-0.39, 0.29) is 24.3 Å². The van der Waals surface area contributed by atoms with Gasteiger partial charge in [0.05, 0.1) is 29.2 Å². The highest BCUT2D eigenvalue weighted by atomic mass is 32.2. The van der Waals surface area contributed by atoms with Gasteiger partial charge in [-0.25, -0.2) is 0 Å². The molecule has 8 heteroatoms. The number of anilines is 1. The number of carbonyl (C=O) groups excluding carboxylic acids is 3. The summed E-state index contributed by atoms with van der Waals surface area (Å²) in [5, 5.41) is 10.2. The summed E-state index contributed by atoms with van der Waals surface area (Å²) in [6.45, 7) is 12.4. The molecule has 3 aliphatic rings. The summed E-state index contributed by atoms with van der Waals surface area (Å²) in [6.07, 6.45) is 4.77. The zero-order valence-electron chi connectivity index (χ0n) is 23.8. The van der Waals surface area contributed by atoms with Gasteiger partial charge in [-0.3, -0.25) is 14.4 Å². The van der Waals surface area contributed by atoms with Crippen molar-refractivity contribution >= 4 is 35.2 Å². The van der Waals surface area contributed by atoms with Gasteiger partial charge in [-0.15, -0.1) is 24.9 Å². The van der Waals surface area contributed by atoms with Gasteiger partial charge >= 0.3 is 0 Å². The number of para-hydroxylation sites is 1. The lowest BCUT2D eigenvalue weighted by atomic mass is 9.66. The highest BCUT2D eigenvalue weighted by Crippen LogP contribution is 2.72. The lowest BCUT2D eigenvalue weighted by Gasteiger charge is -2.39. The van der Waals surface area contributed by atoms with Crippen LogP contribution in [0.3, 0.4) is 0 Å². The molecule has 7 nitrogen and oxygen atoms in total. The Morgan fingerprint density at radius 2 is 1.68 bits per heavy atom. The summed E-state index contributed by atoms with van der Waals surface area (Å²) in [4.78, 5) is 48.5. The highest BCUT2D eigenvalue weighted by molar-refractivity contribution is 8.02. The second-order valence-corrected chi connectivity index (χ2v) is 13.5. The molecule has 0 aliphatic carbocycles. The molecule has 0 aromatic heterocycles. The Hall–Kier alpha value is -3.36. The standard InChI is InChI=1S/C33H39N3O4S/c1-5-19-34(21-24-13-9-7-10-14-24)31(40)28-33-18-17-32(4,41-33)26(27(33)30(39)36(28)23(3)22-37)29(38)35(20-6-2)25-15-11-8-12-16-25/h5-16,23,26-28,37H,1-2,17-22H2,3-4H3/t23-,26+,27+,28?,32-,33?/m1/s1. The first-order valence-electron chi connectivity index (χ1n) is 14.3. The Kier molecular flexibility index (Phi) is 8.17. The van der Waals surface area contributed by atoms with Gasteiger partial charge < -0.3 is 19.8 Å². The van der Waals surface area contributed by atoms with E-state index < -0.39 is 33.4 Å². The molecule has 216 valence electrons. The van der Waals surface area contributed by atoms with Crippen LogP contribution in [0.1, 0.15) is 32.3 Å². The summed E-state index contributed by atoms with van der Waals surface area (Å²) in [5.41, 5.74) is 1.73. The smallest absolute Gasteiger partial charge is 0.247 e. The van der Waals surface area contributed by atoms with Crippen LogP contribution in [0.2, 0.25) is 0 Å². The summed E-state index contributed by atoms with van der Waals surface area (Å²) >= 11 is 1.64. The Labute approximate surface area is 246 Å². The first-order chi connectivity index (χ1) is 19.7. The number of benzene rings is 2. The molecule has 3 saturated heterocycles. The van der Waals surface area contributed by atoms with Crippen molar-refractivity contribution in [3.05, 3.63) is 91.5 Å². The van der Waals surface area contributed by atoms with Crippen molar-refractivity contribution in [1.29, 1.82) is 0 Å². The molecule has 1 spiro atoms. The van der Waals surface area contributed by atoms with E-state index >= 15 is 0 Å². The molecule has 5 rings (SSSR count). The van der Waals surface area contributed by atoms with Crippen molar-refractivity contribution in [3.63, 3.8) is 0 Å². The van der Waals surface area contributed by atoms with Gasteiger partial charge in [0.1, 0.15) is 6.04 Å². The van der Waals surface area contributed by atoms with Crippen molar-refractivity contribution in [1.82, 2.24) is 9.80 Å². The van der Waals surface area contributed by atoms with Crippen LogP contribution in [0.5, 0.6) is 0 Å². The third-order valence-electron chi connectivity index (χ3n) is 8.98. The van der Waals surface area contributed by atoms with Crippen molar-refractivity contribution in [2.45, 2.75) is 54.8 Å². The quantitative estimate of drug-likeness (QED) is 0.406. The van der Waals surface area contributed by atoms with E-state index in [1.54, 1.807) is 45.5 Å². The average Bonchev–Trinajstić information content (AvgIpc) is 3.56.